The Kier molecular flexibility index (Phi) is 3.23. The van der Waals surface area contributed by atoms with Gasteiger partial charge >= 0.3 is 0 Å². The van der Waals surface area contributed by atoms with Gasteiger partial charge in [-0.2, -0.15) is 5.26 Å². The number of alkyl halides is 1. The molecule has 2 rings (SSSR count). The van der Waals surface area contributed by atoms with E-state index < -0.39 is 0 Å². The van der Waals surface area contributed by atoms with Crippen molar-refractivity contribution in [1.82, 2.24) is 9.55 Å². The number of nitriles is 1. The molecule has 0 aliphatic rings. The number of rotatable bonds is 3. The molecule has 4 heteroatoms. The molecule has 0 N–H and O–H groups in total. The predicted molar refractivity (Wildman–Crippen MR) is 62.0 cm³/mol. The van der Waals surface area contributed by atoms with Crippen molar-refractivity contribution >= 4 is 11.6 Å². The highest BCUT2D eigenvalue weighted by molar-refractivity contribution is 6.16. The van der Waals surface area contributed by atoms with Crippen LogP contribution in [0.1, 0.15) is 17.0 Å². The van der Waals surface area contributed by atoms with Crippen LogP contribution >= 0.6 is 11.6 Å². The largest absolute Gasteiger partial charge is 0.330 e. The van der Waals surface area contributed by atoms with E-state index in [0.29, 0.717) is 18.0 Å². The van der Waals surface area contributed by atoms with Crippen molar-refractivity contribution < 1.29 is 0 Å². The summed E-state index contributed by atoms with van der Waals surface area (Å²) in [5.41, 5.74) is 1.74. The summed E-state index contributed by atoms with van der Waals surface area (Å²) < 4.78 is 1.98. The van der Waals surface area contributed by atoms with Crippen molar-refractivity contribution in [3.8, 4) is 6.07 Å². The average Bonchev–Trinajstić information content (AvgIpc) is 2.76. The van der Waals surface area contributed by atoms with Gasteiger partial charge in [0.2, 0.25) is 0 Å². The Hall–Kier alpha value is -1.79. The molecule has 0 aliphatic carbocycles. The number of hydrogen-bond acceptors (Lipinski definition) is 2. The van der Waals surface area contributed by atoms with Crippen LogP contribution in [0.2, 0.25) is 0 Å². The lowest BCUT2D eigenvalue weighted by Gasteiger charge is -2.06. The summed E-state index contributed by atoms with van der Waals surface area (Å²) in [6.45, 7) is 0.692. The highest BCUT2D eigenvalue weighted by Crippen LogP contribution is 2.09. The van der Waals surface area contributed by atoms with E-state index in [4.69, 9.17) is 16.9 Å². The Morgan fingerprint density at radius 2 is 2.31 bits per heavy atom. The standard InChI is InChI=1S/C12H10ClN3/c13-7-12-15-4-5-16(12)9-11-3-1-2-10(6-11)8-14/h1-6H,7,9H2. The Morgan fingerprint density at radius 1 is 1.44 bits per heavy atom. The quantitative estimate of drug-likeness (QED) is 0.762. The maximum atomic E-state index is 8.80. The number of imidazole rings is 1. The summed E-state index contributed by atoms with van der Waals surface area (Å²) in [5, 5.41) is 8.80. The molecule has 1 aromatic heterocycles. The second-order valence-corrected chi connectivity index (χ2v) is 3.68. The van der Waals surface area contributed by atoms with Crippen LogP contribution in [0.25, 0.3) is 0 Å². The first-order valence-electron chi connectivity index (χ1n) is 4.88. The molecule has 0 radical (unpaired) electrons. The fourth-order valence-electron chi connectivity index (χ4n) is 1.55. The highest BCUT2D eigenvalue weighted by atomic mass is 35.5. The number of nitrogens with zero attached hydrogens (tertiary/aromatic N) is 3. The first kappa shape index (κ1) is 10.7. The van der Waals surface area contributed by atoms with Crippen LogP contribution in [0, 0.1) is 11.3 Å². The second-order valence-electron chi connectivity index (χ2n) is 3.42. The monoisotopic (exact) mass is 231 g/mol. The fourth-order valence-corrected chi connectivity index (χ4v) is 1.77. The Labute approximate surface area is 98.9 Å². The van der Waals surface area contributed by atoms with Crippen LogP contribution in [-0.2, 0) is 12.4 Å². The van der Waals surface area contributed by atoms with Gasteiger partial charge in [0.25, 0.3) is 0 Å². The van der Waals surface area contributed by atoms with Crippen molar-refractivity contribution in [3.63, 3.8) is 0 Å². The normalized spacial score (nSPS) is 10.0. The lowest BCUT2D eigenvalue weighted by atomic mass is 10.1. The van der Waals surface area contributed by atoms with Gasteiger partial charge in [-0.15, -0.1) is 11.6 Å². The average molecular weight is 232 g/mol. The molecule has 16 heavy (non-hydrogen) atoms. The first-order chi connectivity index (χ1) is 7.83. The Bertz CT molecular complexity index is 525. The smallest absolute Gasteiger partial charge is 0.123 e. The summed E-state index contributed by atoms with van der Waals surface area (Å²) in [6.07, 6.45) is 3.61. The molecular formula is C12H10ClN3. The third kappa shape index (κ3) is 2.23. The molecule has 0 bridgehead atoms. The third-order valence-electron chi connectivity index (χ3n) is 2.33. The van der Waals surface area contributed by atoms with E-state index >= 15 is 0 Å². The fraction of sp³-hybridized carbons (Fsp3) is 0.167. The van der Waals surface area contributed by atoms with Gasteiger partial charge in [0, 0.05) is 18.9 Å². The highest BCUT2D eigenvalue weighted by Gasteiger charge is 2.02. The molecule has 1 aromatic carbocycles. The molecule has 0 amide bonds. The lowest BCUT2D eigenvalue weighted by Crippen LogP contribution is -2.02. The number of benzene rings is 1. The van der Waals surface area contributed by atoms with E-state index in [1.165, 1.54) is 0 Å². The minimum absolute atomic E-state index is 0.394. The summed E-state index contributed by atoms with van der Waals surface area (Å²) >= 11 is 5.76. The first-order valence-corrected chi connectivity index (χ1v) is 5.42. The molecular weight excluding hydrogens is 222 g/mol. The van der Waals surface area contributed by atoms with Gasteiger partial charge in [-0.1, -0.05) is 12.1 Å². The second kappa shape index (κ2) is 4.82. The van der Waals surface area contributed by atoms with Gasteiger partial charge in [-0.05, 0) is 17.7 Å². The maximum absolute atomic E-state index is 8.80. The van der Waals surface area contributed by atoms with E-state index in [-0.39, 0.29) is 0 Å². The van der Waals surface area contributed by atoms with Crippen molar-refractivity contribution in [1.29, 1.82) is 5.26 Å². The summed E-state index contributed by atoms with van der Waals surface area (Å²) in [5.74, 6) is 1.23. The predicted octanol–water partition coefficient (Wildman–Crippen LogP) is 2.54. The molecule has 0 atom stereocenters. The van der Waals surface area contributed by atoms with Gasteiger partial charge in [0.05, 0.1) is 17.5 Å². The van der Waals surface area contributed by atoms with Gasteiger partial charge < -0.3 is 4.57 Å². The zero-order chi connectivity index (χ0) is 11.4. The summed E-state index contributed by atoms with van der Waals surface area (Å²) in [7, 11) is 0. The van der Waals surface area contributed by atoms with Crippen LogP contribution in [0.4, 0.5) is 0 Å². The molecule has 80 valence electrons. The molecule has 3 nitrogen and oxygen atoms in total. The van der Waals surface area contributed by atoms with E-state index in [2.05, 4.69) is 11.1 Å². The van der Waals surface area contributed by atoms with E-state index in [1.807, 2.05) is 29.0 Å². The topological polar surface area (TPSA) is 41.6 Å². The molecule has 0 saturated heterocycles. The van der Waals surface area contributed by atoms with Crippen LogP contribution < -0.4 is 0 Å². The SMILES string of the molecule is N#Cc1cccc(Cn2ccnc2CCl)c1. The molecule has 0 saturated carbocycles. The Balaban J connectivity index is 2.24. The number of halogens is 1. The van der Waals surface area contributed by atoms with E-state index in [9.17, 15) is 0 Å². The molecule has 1 heterocycles. The van der Waals surface area contributed by atoms with Crippen LogP contribution in [0.15, 0.2) is 36.7 Å². The minimum atomic E-state index is 0.394. The number of aromatic nitrogens is 2. The molecule has 0 spiro atoms. The summed E-state index contributed by atoms with van der Waals surface area (Å²) in [6, 6.07) is 9.65. The van der Waals surface area contributed by atoms with Crippen LogP contribution in [-0.4, -0.2) is 9.55 Å². The van der Waals surface area contributed by atoms with E-state index in [1.54, 1.807) is 12.3 Å². The lowest BCUT2D eigenvalue weighted by molar-refractivity contribution is 0.755. The van der Waals surface area contributed by atoms with Crippen molar-refractivity contribution in [2.45, 2.75) is 12.4 Å². The third-order valence-corrected chi connectivity index (χ3v) is 2.57. The zero-order valence-electron chi connectivity index (χ0n) is 8.60. The molecule has 2 aromatic rings. The molecule has 0 aliphatic heterocycles. The van der Waals surface area contributed by atoms with Gasteiger partial charge in [-0.3, -0.25) is 0 Å². The van der Waals surface area contributed by atoms with Crippen LogP contribution in [0.3, 0.4) is 0 Å². The Morgan fingerprint density at radius 3 is 3.06 bits per heavy atom. The van der Waals surface area contributed by atoms with Gasteiger partial charge in [0.1, 0.15) is 5.82 Å². The zero-order valence-corrected chi connectivity index (χ0v) is 9.35. The van der Waals surface area contributed by atoms with Crippen molar-refractivity contribution in [2.75, 3.05) is 0 Å². The number of hydrogen-bond donors (Lipinski definition) is 0. The maximum Gasteiger partial charge on any atom is 0.123 e. The van der Waals surface area contributed by atoms with Crippen molar-refractivity contribution in [2.24, 2.45) is 0 Å². The summed E-state index contributed by atoms with van der Waals surface area (Å²) in [4.78, 5) is 4.14. The molecule has 0 fully saturated rings. The molecule has 0 unspecified atom stereocenters. The van der Waals surface area contributed by atoms with Gasteiger partial charge in [-0.25, -0.2) is 4.98 Å². The van der Waals surface area contributed by atoms with Crippen molar-refractivity contribution in [3.05, 3.63) is 53.6 Å². The minimum Gasteiger partial charge on any atom is -0.330 e. The van der Waals surface area contributed by atoms with Crippen LogP contribution in [0.5, 0.6) is 0 Å². The van der Waals surface area contributed by atoms with E-state index in [0.717, 1.165) is 11.4 Å². The van der Waals surface area contributed by atoms with Gasteiger partial charge in [0.15, 0.2) is 0 Å².